The third kappa shape index (κ3) is 3.74. The van der Waals surface area contributed by atoms with Crippen molar-refractivity contribution in [1.29, 1.82) is 0 Å². The number of nitrogens with zero attached hydrogens (tertiary/aromatic N) is 3. The monoisotopic (exact) mass is 405 g/mol. The van der Waals surface area contributed by atoms with Crippen LogP contribution in [0.5, 0.6) is 0 Å². The summed E-state index contributed by atoms with van der Waals surface area (Å²) >= 11 is 0. The summed E-state index contributed by atoms with van der Waals surface area (Å²) in [6, 6.07) is 11.2. The number of pyridine rings is 1. The molecule has 1 unspecified atom stereocenters. The molecular formula is C24H27N3O3. The number of carbonyl (C=O) groups excluding carboxylic acids is 3. The molecule has 0 saturated carbocycles. The smallest absolute Gasteiger partial charge is 0.241 e. The number of aryl methyl sites for hydroxylation is 1. The Bertz CT molecular complexity index is 953. The first-order chi connectivity index (χ1) is 14.5. The normalized spacial score (nSPS) is 21.9. The minimum atomic E-state index is -1.13. The Morgan fingerprint density at radius 3 is 2.43 bits per heavy atom. The number of amides is 3. The third-order valence-electron chi connectivity index (χ3n) is 6.32. The van der Waals surface area contributed by atoms with Crippen molar-refractivity contribution in [3.8, 4) is 0 Å². The second-order valence-electron chi connectivity index (χ2n) is 8.33. The van der Waals surface area contributed by atoms with Crippen LogP contribution in [0.1, 0.15) is 48.8 Å². The van der Waals surface area contributed by atoms with Gasteiger partial charge in [-0.05, 0) is 55.0 Å². The van der Waals surface area contributed by atoms with E-state index in [1.165, 1.54) is 4.90 Å². The summed E-state index contributed by atoms with van der Waals surface area (Å²) in [7, 11) is 0. The van der Waals surface area contributed by atoms with Crippen LogP contribution in [0, 0.1) is 6.92 Å². The predicted octanol–water partition coefficient (Wildman–Crippen LogP) is 2.99. The lowest BCUT2D eigenvalue weighted by molar-refractivity contribution is -0.143. The maximum absolute atomic E-state index is 13.7. The van der Waals surface area contributed by atoms with Crippen LogP contribution in [-0.2, 0) is 26.3 Å². The Labute approximate surface area is 176 Å². The quantitative estimate of drug-likeness (QED) is 0.717. The Morgan fingerprint density at radius 1 is 1.03 bits per heavy atom. The molecule has 0 spiro atoms. The number of rotatable bonds is 5. The van der Waals surface area contributed by atoms with E-state index < -0.39 is 5.41 Å². The average molecular weight is 405 g/mol. The molecule has 2 aliphatic heterocycles. The molecule has 2 aliphatic rings. The maximum Gasteiger partial charge on any atom is 0.241 e. The maximum atomic E-state index is 13.7. The van der Waals surface area contributed by atoms with Gasteiger partial charge in [-0.2, -0.15) is 0 Å². The van der Waals surface area contributed by atoms with Gasteiger partial charge < -0.3 is 4.90 Å². The standard InChI is InChI=1S/C24H27N3O3/c1-18-7-3-4-8-20(18)24(15-21(28)26-13-5-2-6-14-26)16-22(29)27(23(24)30)17-19-9-11-25-12-10-19/h3-4,7-12H,2,5-6,13-17H2,1H3. The predicted molar refractivity (Wildman–Crippen MR) is 112 cm³/mol. The molecule has 2 saturated heterocycles. The van der Waals surface area contributed by atoms with Crippen LogP contribution in [-0.4, -0.2) is 45.6 Å². The van der Waals surface area contributed by atoms with Gasteiger partial charge in [-0.1, -0.05) is 24.3 Å². The topological polar surface area (TPSA) is 70.6 Å². The van der Waals surface area contributed by atoms with Crippen molar-refractivity contribution < 1.29 is 14.4 Å². The fourth-order valence-corrected chi connectivity index (χ4v) is 4.70. The summed E-state index contributed by atoms with van der Waals surface area (Å²) in [5, 5.41) is 0. The number of hydrogen-bond acceptors (Lipinski definition) is 4. The SMILES string of the molecule is Cc1ccccc1C1(CC(=O)N2CCCCC2)CC(=O)N(Cc2ccncc2)C1=O. The van der Waals surface area contributed by atoms with E-state index in [1.54, 1.807) is 24.5 Å². The Hall–Kier alpha value is -3.02. The lowest BCUT2D eigenvalue weighted by atomic mass is 9.73. The van der Waals surface area contributed by atoms with E-state index in [1.807, 2.05) is 36.1 Å². The number of benzene rings is 1. The second kappa shape index (κ2) is 8.38. The van der Waals surface area contributed by atoms with Gasteiger partial charge in [-0.25, -0.2) is 0 Å². The molecule has 6 nitrogen and oxygen atoms in total. The van der Waals surface area contributed by atoms with Gasteiger partial charge in [0.05, 0.1) is 12.0 Å². The van der Waals surface area contributed by atoms with Crippen molar-refractivity contribution in [2.45, 2.75) is 51.0 Å². The molecule has 156 valence electrons. The summed E-state index contributed by atoms with van der Waals surface area (Å²) in [5.41, 5.74) is 1.42. The molecule has 1 atom stereocenters. The van der Waals surface area contributed by atoms with Crippen molar-refractivity contribution in [2.24, 2.45) is 0 Å². The van der Waals surface area contributed by atoms with Crippen LogP contribution in [0.2, 0.25) is 0 Å². The van der Waals surface area contributed by atoms with E-state index in [2.05, 4.69) is 4.98 Å². The van der Waals surface area contributed by atoms with Crippen molar-refractivity contribution in [3.05, 3.63) is 65.5 Å². The Kier molecular flexibility index (Phi) is 5.66. The molecule has 3 amide bonds. The van der Waals surface area contributed by atoms with Crippen LogP contribution < -0.4 is 0 Å². The van der Waals surface area contributed by atoms with Crippen molar-refractivity contribution >= 4 is 17.7 Å². The van der Waals surface area contributed by atoms with Crippen LogP contribution >= 0.6 is 0 Å². The highest BCUT2D eigenvalue weighted by molar-refractivity contribution is 6.10. The number of piperidine rings is 1. The Balaban J connectivity index is 1.69. The van der Waals surface area contributed by atoms with E-state index in [9.17, 15) is 14.4 Å². The molecule has 2 fully saturated rings. The molecule has 0 aliphatic carbocycles. The van der Waals surface area contributed by atoms with Gasteiger partial charge in [0, 0.05) is 38.3 Å². The van der Waals surface area contributed by atoms with Gasteiger partial charge >= 0.3 is 0 Å². The minimum Gasteiger partial charge on any atom is -0.343 e. The van der Waals surface area contributed by atoms with Gasteiger partial charge in [-0.15, -0.1) is 0 Å². The summed E-state index contributed by atoms with van der Waals surface area (Å²) < 4.78 is 0. The van der Waals surface area contributed by atoms with Gasteiger partial charge in [0.1, 0.15) is 0 Å². The lowest BCUT2D eigenvalue weighted by Crippen LogP contribution is -2.44. The average Bonchev–Trinajstić information content (AvgIpc) is 3.00. The van der Waals surface area contributed by atoms with Crippen molar-refractivity contribution in [1.82, 2.24) is 14.8 Å². The highest BCUT2D eigenvalue weighted by atomic mass is 16.2. The molecule has 2 aromatic rings. The molecule has 0 N–H and O–H groups in total. The van der Waals surface area contributed by atoms with E-state index in [-0.39, 0.29) is 37.1 Å². The van der Waals surface area contributed by atoms with E-state index in [4.69, 9.17) is 0 Å². The summed E-state index contributed by atoms with van der Waals surface area (Å²) in [5.74, 6) is -0.541. The fourth-order valence-electron chi connectivity index (χ4n) is 4.70. The van der Waals surface area contributed by atoms with E-state index in [0.717, 1.165) is 49.0 Å². The first kappa shape index (κ1) is 20.3. The van der Waals surface area contributed by atoms with Gasteiger partial charge in [0.15, 0.2) is 0 Å². The van der Waals surface area contributed by atoms with Gasteiger partial charge in [-0.3, -0.25) is 24.3 Å². The van der Waals surface area contributed by atoms with Crippen LogP contribution in [0.4, 0.5) is 0 Å². The molecular weight excluding hydrogens is 378 g/mol. The molecule has 1 aromatic carbocycles. The number of aromatic nitrogens is 1. The first-order valence-corrected chi connectivity index (χ1v) is 10.6. The molecule has 0 radical (unpaired) electrons. The number of likely N-dealkylation sites (tertiary alicyclic amines) is 2. The van der Waals surface area contributed by atoms with Crippen LogP contribution in [0.3, 0.4) is 0 Å². The molecule has 30 heavy (non-hydrogen) atoms. The highest BCUT2D eigenvalue weighted by Crippen LogP contribution is 2.42. The first-order valence-electron chi connectivity index (χ1n) is 10.6. The van der Waals surface area contributed by atoms with Gasteiger partial charge in [0.2, 0.25) is 17.7 Å². The Morgan fingerprint density at radius 2 is 1.73 bits per heavy atom. The minimum absolute atomic E-state index is 0.0291. The summed E-state index contributed by atoms with van der Waals surface area (Å²) in [6.45, 7) is 3.59. The summed E-state index contributed by atoms with van der Waals surface area (Å²) in [6.07, 6.45) is 6.47. The molecule has 3 heterocycles. The zero-order valence-corrected chi connectivity index (χ0v) is 17.3. The molecule has 6 heteroatoms. The zero-order chi connectivity index (χ0) is 21.1. The zero-order valence-electron chi connectivity index (χ0n) is 17.3. The number of imide groups is 1. The largest absolute Gasteiger partial charge is 0.343 e. The second-order valence-corrected chi connectivity index (χ2v) is 8.33. The van der Waals surface area contributed by atoms with Crippen LogP contribution in [0.25, 0.3) is 0 Å². The number of hydrogen-bond donors (Lipinski definition) is 0. The van der Waals surface area contributed by atoms with Crippen molar-refractivity contribution in [2.75, 3.05) is 13.1 Å². The third-order valence-corrected chi connectivity index (χ3v) is 6.32. The molecule has 4 rings (SSSR count). The summed E-state index contributed by atoms with van der Waals surface area (Å²) in [4.78, 5) is 47.1. The lowest BCUT2D eigenvalue weighted by Gasteiger charge is -2.33. The number of carbonyl (C=O) groups is 3. The highest BCUT2D eigenvalue weighted by Gasteiger charge is 2.54. The fraction of sp³-hybridized carbons (Fsp3) is 0.417. The van der Waals surface area contributed by atoms with E-state index in [0.29, 0.717) is 0 Å². The molecule has 0 bridgehead atoms. The van der Waals surface area contributed by atoms with Crippen molar-refractivity contribution in [3.63, 3.8) is 0 Å². The van der Waals surface area contributed by atoms with Gasteiger partial charge in [0.25, 0.3) is 0 Å². The van der Waals surface area contributed by atoms with E-state index >= 15 is 0 Å². The van der Waals surface area contributed by atoms with Crippen LogP contribution in [0.15, 0.2) is 48.8 Å². The molecule has 1 aromatic heterocycles.